The van der Waals surface area contributed by atoms with E-state index in [-0.39, 0.29) is 0 Å². The number of anilines is 3. The fourth-order valence-electron chi connectivity index (χ4n) is 11.9. The summed E-state index contributed by atoms with van der Waals surface area (Å²) in [5, 5.41) is 2.62. The Balaban J connectivity index is 1.01. The number of hydrogen-bond acceptors (Lipinski definition) is 2. The molecule has 14 rings (SSSR count). The normalized spacial score (nSPS) is 12.8. The third-order valence-electron chi connectivity index (χ3n) is 14.7. The molecule has 0 aliphatic heterocycles. The van der Waals surface area contributed by atoms with Crippen molar-refractivity contribution >= 4 is 48.6 Å². The molecule has 12 aromatic rings. The van der Waals surface area contributed by atoms with Crippen LogP contribution < -0.4 is 4.90 Å². The van der Waals surface area contributed by atoms with Crippen molar-refractivity contribution < 1.29 is 0 Å². The molecule has 11 aromatic carbocycles. The molecule has 1 aromatic heterocycles. The molecule has 0 saturated carbocycles. The summed E-state index contributed by atoms with van der Waals surface area (Å²) in [7, 11) is 0. The van der Waals surface area contributed by atoms with Crippen LogP contribution in [0.5, 0.6) is 0 Å². The van der Waals surface area contributed by atoms with Gasteiger partial charge in [-0.25, -0.2) is 0 Å². The van der Waals surface area contributed by atoms with Crippen LogP contribution in [0.1, 0.15) is 22.3 Å². The minimum Gasteiger partial charge on any atom is -0.309 e. The maximum atomic E-state index is 2.54. The Kier molecular flexibility index (Phi) is 9.05. The van der Waals surface area contributed by atoms with Gasteiger partial charge in [0.2, 0.25) is 0 Å². The maximum absolute atomic E-state index is 2.54. The van der Waals surface area contributed by atoms with Crippen LogP contribution in [0.15, 0.2) is 261 Å². The molecule has 0 fully saturated rings. The number of fused-ring (bicyclic) bond motifs is 13. The van der Waals surface area contributed by atoms with Crippen LogP contribution in [0.4, 0.5) is 17.1 Å². The van der Waals surface area contributed by atoms with Crippen LogP contribution in [-0.4, -0.2) is 0 Å². The quantitative estimate of drug-likeness (QED) is 0.154. The van der Waals surface area contributed by atoms with Gasteiger partial charge >= 0.3 is 0 Å². The average Bonchev–Trinajstić information content (AvgIpc) is 4.06. The third-order valence-corrected chi connectivity index (χ3v) is 15.9. The standard InChI is InChI=1S/C67H43NS/c1-2-19-45(20-3-1)48-21-4-5-22-49(48)50-23-6-7-24-51(50)54-27-11-16-34-62(54)68(47-40-37-44(38-41-47)46-39-42-65-57(43-46)55-28-12-17-36-64(55)69-65)63-35-18-33-61-66(63)56-29-10-15-32-60(56)67(61)58-30-13-8-25-52(58)53-26-9-14-31-59(53)67/h1-43H. The molecule has 0 atom stereocenters. The molecule has 69 heavy (non-hydrogen) atoms. The topological polar surface area (TPSA) is 3.24 Å². The molecule has 0 saturated heterocycles. The second-order valence-corrected chi connectivity index (χ2v) is 19.3. The molecule has 0 bridgehead atoms. The van der Waals surface area contributed by atoms with E-state index in [9.17, 15) is 0 Å². The van der Waals surface area contributed by atoms with E-state index in [0.29, 0.717) is 0 Å². The van der Waals surface area contributed by atoms with Crippen molar-refractivity contribution in [1.82, 2.24) is 0 Å². The molecule has 0 amide bonds. The van der Waals surface area contributed by atoms with E-state index in [2.05, 4.69) is 266 Å². The van der Waals surface area contributed by atoms with Gasteiger partial charge < -0.3 is 4.90 Å². The van der Waals surface area contributed by atoms with E-state index >= 15 is 0 Å². The SMILES string of the molecule is c1ccc(-c2ccccc2-c2ccccc2-c2ccccc2N(c2ccc(-c3ccc4sc5ccccc5c4c3)cc2)c2cccc3c2-c2ccccc2C32c3ccccc3-c3ccccc32)cc1. The van der Waals surface area contributed by atoms with Gasteiger partial charge in [-0.15, -0.1) is 11.3 Å². The molecule has 1 spiro atoms. The first-order valence-corrected chi connectivity index (χ1v) is 24.7. The summed E-state index contributed by atoms with van der Waals surface area (Å²) in [5.41, 5.74) is 22.9. The second kappa shape index (κ2) is 15.8. The van der Waals surface area contributed by atoms with Crippen molar-refractivity contribution in [2.45, 2.75) is 5.41 Å². The number of rotatable bonds is 7. The number of thiophene rings is 1. The highest BCUT2D eigenvalue weighted by molar-refractivity contribution is 7.25. The lowest BCUT2D eigenvalue weighted by Gasteiger charge is -2.32. The molecule has 1 heterocycles. The summed E-state index contributed by atoms with van der Waals surface area (Å²) in [6.07, 6.45) is 0. The molecule has 2 heteroatoms. The van der Waals surface area contributed by atoms with Gasteiger partial charge in [0.15, 0.2) is 0 Å². The fourth-order valence-corrected chi connectivity index (χ4v) is 13.0. The Bertz CT molecular complexity index is 3930. The Hall–Kier alpha value is -8.56. The minimum absolute atomic E-state index is 0.470. The predicted molar refractivity (Wildman–Crippen MR) is 292 cm³/mol. The van der Waals surface area contributed by atoms with E-state index < -0.39 is 5.41 Å². The number of hydrogen-bond donors (Lipinski definition) is 0. The van der Waals surface area contributed by atoms with Gasteiger partial charge in [0, 0.05) is 37.0 Å². The number of nitrogens with zero attached hydrogens (tertiary/aromatic N) is 1. The van der Waals surface area contributed by atoms with Crippen LogP contribution in [0.25, 0.3) is 86.9 Å². The third kappa shape index (κ3) is 5.96. The van der Waals surface area contributed by atoms with Crippen molar-refractivity contribution in [3.8, 4) is 66.8 Å². The zero-order chi connectivity index (χ0) is 45.5. The lowest BCUT2D eigenvalue weighted by atomic mass is 9.70. The molecular weight excluding hydrogens is 851 g/mol. The molecule has 2 aliphatic rings. The lowest BCUT2D eigenvalue weighted by molar-refractivity contribution is 0.794. The lowest BCUT2D eigenvalue weighted by Crippen LogP contribution is -2.26. The Morgan fingerprint density at radius 3 is 1.46 bits per heavy atom. The first kappa shape index (κ1) is 39.6. The summed E-state index contributed by atoms with van der Waals surface area (Å²) in [6.45, 7) is 0. The van der Waals surface area contributed by atoms with E-state index in [1.165, 1.54) is 104 Å². The van der Waals surface area contributed by atoms with Crippen LogP contribution in [0, 0.1) is 0 Å². The van der Waals surface area contributed by atoms with E-state index in [1.54, 1.807) is 0 Å². The molecule has 2 aliphatic carbocycles. The van der Waals surface area contributed by atoms with Gasteiger partial charge in [-0.3, -0.25) is 0 Å². The fraction of sp³-hybridized carbons (Fsp3) is 0.0149. The monoisotopic (exact) mass is 893 g/mol. The van der Waals surface area contributed by atoms with Crippen molar-refractivity contribution in [1.29, 1.82) is 0 Å². The highest BCUT2D eigenvalue weighted by atomic mass is 32.1. The van der Waals surface area contributed by atoms with E-state index in [4.69, 9.17) is 0 Å². The zero-order valence-electron chi connectivity index (χ0n) is 37.7. The van der Waals surface area contributed by atoms with Crippen molar-refractivity contribution in [3.63, 3.8) is 0 Å². The van der Waals surface area contributed by atoms with Crippen LogP contribution in [-0.2, 0) is 5.41 Å². The van der Waals surface area contributed by atoms with Gasteiger partial charge in [0.05, 0.1) is 16.8 Å². The Labute approximate surface area is 406 Å². The summed E-state index contributed by atoms with van der Waals surface area (Å²) in [4.78, 5) is 2.54. The smallest absolute Gasteiger partial charge is 0.0726 e. The molecule has 1 nitrogen and oxygen atoms in total. The van der Waals surface area contributed by atoms with E-state index in [1.807, 2.05) is 11.3 Å². The predicted octanol–water partition coefficient (Wildman–Crippen LogP) is 18.5. The van der Waals surface area contributed by atoms with E-state index in [0.717, 1.165) is 22.6 Å². The van der Waals surface area contributed by atoms with Crippen molar-refractivity contribution in [2.24, 2.45) is 0 Å². The van der Waals surface area contributed by atoms with Gasteiger partial charge in [-0.05, 0) is 120 Å². The zero-order valence-corrected chi connectivity index (χ0v) is 38.5. The van der Waals surface area contributed by atoms with Crippen molar-refractivity contribution in [2.75, 3.05) is 4.90 Å². The first-order chi connectivity index (χ1) is 34.3. The van der Waals surface area contributed by atoms with Crippen LogP contribution in [0.3, 0.4) is 0 Å². The molecule has 0 unspecified atom stereocenters. The number of benzene rings is 11. The largest absolute Gasteiger partial charge is 0.309 e. The molecule has 0 radical (unpaired) electrons. The molecule has 322 valence electrons. The van der Waals surface area contributed by atoms with Gasteiger partial charge in [-0.1, -0.05) is 218 Å². The number of para-hydroxylation sites is 1. The second-order valence-electron chi connectivity index (χ2n) is 18.3. The summed E-state index contributed by atoms with van der Waals surface area (Å²) in [6, 6.07) is 96.9. The molecular formula is C67H43NS. The first-order valence-electron chi connectivity index (χ1n) is 23.8. The highest BCUT2D eigenvalue weighted by Gasteiger charge is 2.52. The summed E-state index contributed by atoms with van der Waals surface area (Å²) < 4.78 is 2.64. The minimum atomic E-state index is -0.470. The Morgan fingerprint density at radius 1 is 0.275 bits per heavy atom. The molecule has 0 N–H and O–H groups in total. The van der Waals surface area contributed by atoms with Crippen LogP contribution >= 0.6 is 11.3 Å². The van der Waals surface area contributed by atoms with Gasteiger partial charge in [0.25, 0.3) is 0 Å². The highest BCUT2D eigenvalue weighted by Crippen LogP contribution is 2.65. The Morgan fingerprint density at radius 2 is 0.754 bits per heavy atom. The van der Waals surface area contributed by atoms with Crippen molar-refractivity contribution in [3.05, 3.63) is 283 Å². The van der Waals surface area contributed by atoms with Gasteiger partial charge in [0.1, 0.15) is 0 Å². The van der Waals surface area contributed by atoms with Gasteiger partial charge in [-0.2, -0.15) is 0 Å². The average molecular weight is 894 g/mol. The van der Waals surface area contributed by atoms with Crippen LogP contribution in [0.2, 0.25) is 0 Å². The summed E-state index contributed by atoms with van der Waals surface area (Å²) >= 11 is 1.86. The maximum Gasteiger partial charge on any atom is 0.0726 e. The summed E-state index contributed by atoms with van der Waals surface area (Å²) in [5.74, 6) is 0.